The molecule has 0 unspecified atom stereocenters. The maximum absolute atomic E-state index is 12.8. The molecule has 24 heavy (non-hydrogen) atoms. The Morgan fingerprint density at radius 1 is 1.33 bits per heavy atom. The van der Waals surface area contributed by atoms with E-state index in [1.54, 1.807) is 12.3 Å². The summed E-state index contributed by atoms with van der Waals surface area (Å²) in [7, 11) is 0. The first-order valence-corrected chi connectivity index (χ1v) is 7.40. The van der Waals surface area contributed by atoms with Gasteiger partial charge in [-0.2, -0.15) is 18.3 Å². The van der Waals surface area contributed by atoms with Crippen LogP contribution in [0, 0.1) is 6.92 Å². The number of amides is 1. The van der Waals surface area contributed by atoms with Crippen LogP contribution in [-0.2, 0) is 6.18 Å². The molecule has 0 atom stereocenters. The minimum atomic E-state index is -4.56. The van der Waals surface area contributed by atoms with Crippen molar-refractivity contribution in [3.05, 3.63) is 53.1 Å². The van der Waals surface area contributed by atoms with Gasteiger partial charge in [-0.25, -0.2) is 0 Å². The molecule has 2 aromatic heterocycles. The molecule has 3 heterocycles. The number of carbonyl (C=O) groups is 1. The molecule has 1 aliphatic rings. The van der Waals surface area contributed by atoms with Crippen LogP contribution in [0.3, 0.4) is 0 Å². The second-order valence-electron chi connectivity index (χ2n) is 5.53. The number of nitrogens with zero attached hydrogens (tertiary/aromatic N) is 3. The van der Waals surface area contributed by atoms with E-state index in [-0.39, 0.29) is 11.3 Å². The smallest absolute Gasteiger partial charge is 0.333 e. The van der Waals surface area contributed by atoms with Crippen LogP contribution in [0.5, 0.6) is 0 Å². The van der Waals surface area contributed by atoms with Gasteiger partial charge in [-0.3, -0.25) is 14.9 Å². The van der Waals surface area contributed by atoms with Gasteiger partial charge in [-0.05, 0) is 31.1 Å². The van der Waals surface area contributed by atoms with E-state index in [1.165, 1.54) is 11.8 Å². The van der Waals surface area contributed by atoms with Gasteiger partial charge in [0, 0.05) is 24.8 Å². The van der Waals surface area contributed by atoms with E-state index in [0.29, 0.717) is 19.5 Å². The molecule has 1 amide bonds. The van der Waals surface area contributed by atoms with Crippen molar-refractivity contribution in [1.29, 1.82) is 0 Å². The number of alkyl halides is 3. The van der Waals surface area contributed by atoms with Crippen LogP contribution in [0.2, 0.25) is 0 Å². The van der Waals surface area contributed by atoms with Crippen LogP contribution in [0.4, 0.5) is 13.2 Å². The van der Waals surface area contributed by atoms with E-state index < -0.39 is 17.8 Å². The Morgan fingerprint density at radius 2 is 2.12 bits per heavy atom. The summed E-state index contributed by atoms with van der Waals surface area (Å²) in [5.41, 5.74) is 0.276. The molecule has 126 valence electrons. The zero-order valence-corrected chi connectivity index (χ0v) is 12.9. The van der Waals surface area contributed by atoms with Crippen LogP contribution < -0.4 is 0 Å². The van der Waals surface area contributed by atoms with Gasteiger partial charge < -0.3 is 4.90 Å². The third-order valence-corrected chi connectivity index (χ3v) is 3.93. The van der Waals surface area contributed by atoms with E-state index in [9.17, 15) is 18.0 Å². The molecule has 0 saturated carbocycles. The highest BCUT2D eigenvalue weighted by atomic mass is 19.4. The Bertz CT molecular complexity index is 780. The molecule has 0 aromatic carbocycles. The van der Waals surface area contributed by atoms with Gasteiger partial charge >= 0.3 is 6.18 Å². The van der Waals surface area contributed by atoms with Crippen molar-refractivity contribution < 1.29 is 18.0 Å². The van der Waals surface area contributed by atoms with Crippen LogP contribution in [-0.4, -0.2) is 39.1 Å². The number of nitrogens with one attached hydrogen (secondary N) is 1. The molecule has 8 heteroatoms. The third kappa shape index (κ3) is 3.04. The van der Waals surface area contributed by atoms with Gasteiger partial charge in [-0.15, -0.1) is 0 Å². The van der Waals surface area contributed by atoms with Crippen molar-refractivity contribution in [2.24, 2.45) is 0 Å². The van der Waals surface area contributed by atoms with Gasteiger partial charge in [0.05, 0.1) is 5.69 Å². The molecule has 1 N–H and O–H groups in total. The molecule has 2 aromatic rings. The average Bonchev–Trinajstić information content (AvgIpc) is 2.97. The number of rotatable bonds is 2. The highest BCUT2D eigenvalue weighted by Gasteiger charge is 2.37. The lowest BCUT2D eigenvalue weighted by Crippen LogP contribution is -2.36. The first-order chi connectivity index (χ1) is 11.4. The number of carbonyl (C=O) groups excluding carboxylic acids is 1. The summed E-state index contributed by atoms with van der Waals surface area (Å²) in [6.07, 6.45) is -0.293. The average molecular weight is 336 g/mol. The number of hydrogen-bond acceptors (Lipinski definition) is 3. The first-order valence-electron chi connectivity index (χ1n) is 7.40. The van der Waals surface area contributed by atoms with Gasteiger partial charge in [0.15, 0.2) is 5.69 Å². The van der Waals surface area contributed by atoms with E-state index in [2.05, 4.69) is 10.1 Å². The number of aromatic amines is 1. The minimum absolute atomic E-state index is 0.179. The largest absolute Gasteiger partial charge is 0.433 e. The summed E-state index contributed by atoms with van der Waals surface area (Å²) < 4.78 is 38.5. The summed E-state index contributed by atoms with van der Waals surface area (Å²) in [6.45, 7) is 1.98. The predicted molar refractivity (Wildman–Crippen MR) is 81.1 cm³/mol. The maximum Gasteiger partial charge on any atom is 0.433 e. The van der Waals surface area contributed by atoms with Crippen molar-refractivity contribution in [1.82, 2.24) is 20.1 Å². The molecule has 0 bridgehead atoms. The predicted octanol–water partition coefficient (Wildman–Crippen LogP) is 3.06. The summed E-state index contributed by atoms with van der Waals surface area (Å²) in [4.78, 5) is 18.3. The maximum atomic E-state index is 12.8. The number of aromatic nitrogens is 3. The third-order valence-electron chi connectivity index (χ3n) is 3.93. The standard InChI is InChI=1S/C16H15F3N4O/c1-10-13(21-22-14(10)16(17,18)19)15(24)23-8-4-5-11(9-23)12-6-2-3-7-20-12/h2-3,5-7H,4,8-9H2,1H3,(H,21,22). The lowest BCUT2D eigenvalue weighted by Gasteiger charge is -2.26. The second kappa shape index (κ2) is 6.10. The number of halogens is 3. The Hall–Kier alpha value is -2.64. The second-order valence-corrected chi connectivity index (χ2v) is 5.53. The quantitative estimate of drug-likeness (QED) is 0.917. The van der Waals surface area contributed by atoms with Gasteiger partial charge in [0.1, 0.15) is 5.69 Å². The molecular formula is C16H15F3N4O. The minimum Gasteiger partial charge on any atom is -0.333 e. The van der Waals surface area contributed by atoms with E-state index in [0.717, 1.165) is 11.3 Å². The summed E-state index contributed by atoms with van der Waals surface area (Å²) in [5.74, 6) is -0.513. The van der Waals surface area contributed by atoms with Gasteiger partial charge in [-0.1, -0.05) is 12.1 Å². The molecule has 0 fully saturated rings. The molecule has 3 rings (SSSR count). The van der Waals surface area contributed by atoms with Crippen molar-refractivity contribution in [2.75, 3.05) is 13.1 Å². The zero-order valence-electron chi connectivity index (χ0n) is 12.9. The van der Waals surface area contributed by atoms with Crippen LogP contribution in [0.1, 0.15) is 33.9 Å². The SMILES string of the molecule is Cc1c(C(=O)N2CCC=C(c3ccccn3)C2)n[nH]c1C(F)(F)F. The fourth-order valence-electron chi connectivity index (χ4n) is 2.69. The zero-order chi connectivity index (χ0) is 17.3. The lowest BCUT2D eigenvalue weighted by molar-refractivity contribution is -0.141. The van der Waals surface area contributed by atoms with Crippen molar-refractivity contribution in [2.45, 2.75) is 19.5 Å². The summed E-state index contributed by atoms with van der Waals surface area (Å²) in [5, 5.41) is 5.51. The number of hydrogen-bond donors (Lipinski definition) is 1. The van der Waals surface area contributed by atoms with Crippen molar-refractivity contribution in [3.63, 3.8) is 0 Å². The molecule has 5 nitrogen and oxygen atoms in total. The normalized spacial score (nSPS) is 15.3. The van der Waals surface area contributed by atoms with E-state index >= 15 is 0 Å². The molecule has 0 radical (unpaired) electrons. The van der Waals surface area contributed by atoms with Gasteiger partial charge in [0.25, 0.3) is 5.91 Å². The van der Waals surface area contributed by atoms with Crippen molar-refractivity contribution in [3.8, 4) is 0 Å². The molecule has 0 spiro atoms. The Balaban J connectivity index is 1.82. The van der Waals surface area contributed by atoms with Crippen LogP contribution in [0.25, 0.3) is 5.57 Å². The lowest BCUT2D eigenvalue weighted by atomic mass is 10.0. The Kier molecular flexibility index (Phi) is 4.13. The van der Waals surface area contributed by atoms with Crippen LogP contribution in [0.15, 0.2) is 30.5 Å². The molecule has 0 aliphatic carbocycles. The fourth-order valence-corrected chi connectivity index (χ4v) is 2.69. The number of H-pyrrole nitrogens is 1. The fraction of sp³-hybridized carbons (Fsp3) is 0.312. The first kappa shape index (κ1) is 16.2. The Labute approximate surface area is 136 Å². The highest BCUT2D eigenvalue weighted by molar-refractivity contribution is 5.95. The molecule has 0 saturated heterocycles. The van der Waals surface area contributed by atoms with Crippen LogP contribution >= 0.6 is 0 Å². The topological polar surface area (TPSA) is 61.9 Å². The Morgan fingerprint density at radius 3 is 2.75 bits per heavy atom. The summed E-state index contributed by atoms with van der Waals surface area (Å²) >= 11 is 0. The van der Waals surface area contributed by atoms with Crippen molar-refractivity contribution >= 4 is 11.5 Å². The number of pyridine rings is 1. The molecular weight excluding hydrogens is 321 g/mol. The van der Waals surface area contributed by atoms with Gasteiger partial charge in [0.2, 0.25) is 0 Å². The molecule has 1 aliphatic heterocycles. The van der Waals surface area contributed by atoms with E-state index in [1.807, 2.05) is 23.3 Å². The van der Waals surface area contributed by atoms with E-state index in [4.69, 9.17) is 0 Å². The highest BCUT2D eigenvalue weighted by Crippen LogP contribution is 2.31. The monoisotopic (exact) mass is 336 g/mol. The summed E-state index contributed by atoms with van der Waals surface area (Å²) in [6, 6.07) is 5.47.